The van der Waals surface area contributed by atoms with Crippen LogP contribution in [0.5, 0.6) is 0 Å². The first kappa shape index (κ1) is 16.8. The lowest BCUT2D eigenvalue weighted by atomic mass is 10.0. The summed E-state index contributed by atoms with van der Waals surface area (Å²) >= 11 is 0. The van der Waals surface area contributed by atoms with Crippen LogP contribution in [0.2, 0.25) is 0 Å². The minimum absolute atomic E-state index is 0.0567. The number of hydrogen-bond donors (Lipinski definition) is 1. The molecule has 6 heteroatoms. The third-order valence-electron chi connectivity index (χ3n) is 3.92. The second kappa shape index (κ2) is 7.69. The van der Waals surface area contributed by atoms with Crippen molar-refractivity contribution < 1.29 is 4.52 Å². The smallest absolute Gasteiger partial charge is 0.244 e. The van der Waals surface area contributed by atoms with Gasteiger partial charge in [-0.3, -0.25) is 4.98 Å². The van der Waals surface area contributed by atoms with Crippen molar-refractivity contribution >= 4 is 0 Å². The van der Waals surface area contributed by atoms with Crippen molar-refractivity contribution in [3.63, 3.8) is 0 Å². The quantitative estimate of drug-likeness (QED) is 0.743. The molecule has 1 unspecified atom stereocenters. The van der Waals surface area contributed by atoms with Gasteiger partial charge in [-0.05, 0) is 35.7 Å². The molecule has 1 aromatic carbocycles. The summed E-state index contributed by atoms with van der Waals surface area (Å²) in [5, 5.41) is 16.4. The second-order valence-electron chi connectivity index (χ2n) is 6.10. The standard InChI is InChI=1S/C19H19N5O/c1-13(2)17(22-12-15-5-3-14(11-20)4-6-15)19-23-18(24-25-19)16-7-9-21-10-8-16/h3-10,13,17,22H,12H2,1-2H3. The molecule has 0 aliphatic rings. The maximum atomic E-state index is 8.87. The highest BCUT2D eigenvalue weighted by Gasteiger charge is 2.22. The third-order valence-corrected chi connectivity index (χ3v) is 3.92. The van der Waals surface area contributed by atoms with Gasteiger partial charge in [0.25, 0.3) is 0 Å². The van der Waals surface area contributed by atoms with E-state index >= 15 is 0 Å². The molecule has 1 N–H and O–H groups in total. The Labute approximate surface area is 146 Å². The summed E-state index contributed by atoms with van der Waals surface area (Å²) in [4.78, 5) is 8.53. The predicted octanol–water partition coefficient (Wildman–Crippen LogP) is 3.49. The highest BCUT2D eigenvalue weighted by Crippen LogP contribution is 2.23. The minimum Gasteiger partial charge on any atom is -0.337 e. The Balaban J connectivity index is 1.73. The molecule has 0 radical (unpaired) electrons. The van der Waals surface area contributed by atoms with Crippen LogP contribution in [0, 0.1) is 17.2 Å². The van der Waals surface area contributed by atoms with Crippen molar-refractivity contribution in [2.45, 2.75) is 26.4 Å². The van der Waals surface area contributed by atoms with Crippen LogP contribution in [0.3, 0.4) is 0 Å². The van der Waals surface area contributed by atoms with E-state index in [1.165, 1.54) is 0 Å². The summed E-state index contributed by atoms with van der Waals surface area (Å²) < 4.78 is 5.48. The number of rotatable bonds is 6. The van der Waals surface area contributed by atoms with E-state index in [0.29, 0.717) is 23.8 Å². The lowest BCUT2D eigenvalue weighted by Crippen LogP contribution is -2.25. The van der Waals surface area contributed by atoms with E-state index in [0.717, 1.165) is 11.1 Å². The second-order valence-corrected chi connectivity index (χ2v) is 6.10. The van der Waals surface area contributed by atoms with Crippen LogP contribution in [-0.4, -0.2) is 15.1 Å². The van der Waals surface area contributed by atoms with E-state index in [9.17, 15) is 0 Å². The summed E-state index contributed by atoms with van der Waals surface area (Å²) in [6.07, 6.45) is 3.41. The molecule has 25 heavy (non-hydrogen) atoms. The Hall–Kier alpha value is -3.04. The average Bonchev–Trinajstić information content (AvgIpc) is 3.13. The van der Waals surface area contributed by atoms with Crippen LogP contribution in [0.25, 0.3) is 11.4 Å². The van der Waals surface area contributed by atoms with Crippen LogP contribution in [-0.2, 0) is 6.54 Å². The zero-order chi connectivity index (χ0) is 17.6. The molecule has 3 aromatic rings. The van der Waals surface area contributed by atoms with Crippen molar-refractivity contribution in [2.24, 2.45) is 5.92 Å². The Bertz CT molecular complexity index is 850. The molecule has 126 valence electrons. The number of nitriles is 1. The molecule has 2 heterocycles. The van der Waals surface area contributed by atoms with E-state index in [2.05, 4.69) is 40.4 Å². The van der Waals surface area contributed by atoms with Crippen LogP contribution < -0.4 is 5.32 Å². The average molecular weight is 333 g/mol. The molecule has 0 aliphatic heterocycles. The molecule has 6 nitrogen and oxygen atoms in total. The first-order valence-electron chi connectivity index (χ1n) is 8.14. The minimum atomic E-state index is -0.0567. The van der Waals surface area contributed by atoms with Gasteiger partial charge in [-0.25, -0.2) is 0 Å². The fourth-order valence-corrected chi connectivity index (χ4v) is 2.51. The van der Waals surface area contributed by atoms with E-state index < -0.39 is 0 Å². The zero-order valence-electron chi connectivity index (χ0n) is 14.2. The summed E-state index contributed by atoms with van der Waals surface area (Å²) in [7, 11) is 0. The molecule has 0 amide bonds. The third kappa shape index (κ3) is 4.08. The van der Waals surface area contributed by atoms with Gasteiger partial charge in [0, 0.05) is 24.5 Å². The summed E-state index contributed by atoms with van der Waals surface area (Å²) in [6.45, 7) is 4.86. The largest absolute Gasteiger partial charge is 0.337 e. The van der Waals surface area contributed by atoms with Gasteiger partial charge in [0.2, 0.25) is 11.7 Å². The Morgan fingerprint density at radius 1 is 1.12 bits per heavy atom. The molecule has 0 saturated heterocycles. The van der Waals surface area contributed by atoms with Crippen molar-refractivity contribution in [1.29, 1.82) is 5.26 Å². The van der Waals surface area contributed by atoms with E-state index in [-0.39, 0.29) is 12.0 Å². The van der Waals surface area contributed by atoms with Gasteiger partial charge in [-0.2, -0.15) is 10.2 Å². The molecule has 0 fully saturated rings. The normalized spacial score (nSPS) is 12.1. The highest BCUT2D eigenvalue weighted by molar-refractivity contribution is 5.52. The summed E-state index contributed by atoms with van der Waals surface area (Å²) in [5.74, 6) is 1.41. The van der Waals surface area contributed by atoms with Gasteiger partial charge in [-0.15, -0.1) is 0 Å². The van der Waals surface area contributed by atoms with Gasteiger partial charge in [0.15, 0.2) is 0 Å². The van der Waals surface area contributed by atoms with E-state index in [4.69, 9.17) is 9.78 Å². The predicted molar refractivity (Wildman–Crippen MR) is 93.1 cm³/mol. The molecular formula is C19H19N5O. The molecule has 2 aromatic heterocycles. The number of aromatic nitrogens is 3. The van der Waals surface area contributed by atoms with Gasteiger partial charge >= 0.3 is 0 Å². The Morgan fingerprint density at radius 2 is 1.84 bits per heavy atom. The lowest BCUT2D eigenvalue weighted by Gasteiger charge is -2.18. The van der Waals surface area contributed by atoms with Crippen LogP contribution >= 0.6 is 0 Å². The number of pyridine rings is 1. The zero-order valence-corrected chi connectivity index (χ0v) is 14.2. The van der Waals surface area contributed by atoms with Gasteiger partial charge in [-0.1, -0.05) is 31.1 Å². The number of nitrogens with one attached hydrogen (secondary N) is 1. The molecule has 0 bridgehead atoms. The Morgan fingerprint density at radius 3 is 2.48 bits per heavy atom. The first-order chi connectivity index (χ1) is 12.2. The maximum absolute atomic E-state index is 8.87. The number of benzene rings is 1. The van der Waals surface area contributed by atoms with E-state index in [1.807, 2.05) is 36.4 Å². The molecule has 0 aliphatic carbocycles. The van der Waals surface area contributed by atoms with Gasteiger partial charge in [0.1, 0.15) is 0 Å². The molecule has 0 spiro atoms. The van der Waals surface area contributed by atoms with Crippen LogP contribution in [0.1, 0.15) is 36.9 Å². The molecular weight excluding hydrogens is 314 g/mol. The number of nitrogens with zero attached hydrogens (tertiary/aromatic N) is 4. The highest BCUT2D eigenvalue weighted by atomic mass is 16.5. The monoisotopic (exact) mass is 333 g/mol. The summed E-state index contributed by atoms with van der Waals surface area (Å²) in [6, 6.07) is 13.3. The van der Waals surface area contributed by atoms with E-state index in [1.54, 1.807) is 12.4 Å². The molecule has 0 saturated carbocycles. The summed E-state index contributed by atoms with van der Waals surface area (Å²) in [5.41, 5.74) is 2.63. The Kier molecular flexibility index (Phi) is 5.17. The number of hydrogen-bond acceptors (Lipinski definition) is 6. The van der Waals surface area contributed by atoms with Crippen LogP contribution in [0.4, 0.5) is 0 Å². The van der Waals surface area contributed by atoms with Gasteiger partial charge < -0.3 is 9.84 Å². The van der Waals surface area contributed by atoms with Crippen molar-refractivity contribution in [1.82, 2.24) is 20.4 Å². The van der Waals surface area contributed by atoms with Crippen molar-refractivity contribution in [2.75, 3.05) is 0 Å². The maximum Gasteiger partial charge on any atom is 0.244 e. The van der Waals surface area contributed by atoms with Crippen molar-refractivity contribution in [3.8, 4) is 17.5 Å². The van der Waals surface area contributed by atoms with Crippen LogP contribution in [0.15, 0.2) is 53.3 Å². The van der Waals surface area contributed by atoms with Crippen molar-refractivity contribution in [3.05, 3.63) is 65.8 Å². The fourth-order valence-electron chi connectivity index (χ4n) is 2.51. The SMILES string of the molecule is CC(C)C(NCc1ccc(C#N)cc1)c1nc(-c2ccncc2)no1. The molecule has 3 rings (SSSR count). The topological polar surface area (TPSA) is 87.6 Å². The van der Waals surface area contributed by atoms with Gasteiger partial charge in [0.05, 0.1) is 17.7 Å². The first-order valence-corrected chi connectivity index (χ1v) is 8.14. The molecule has 1 atom stereocenters. The lowest BCUT2D eigenvalue weighted by molar-refractivity contribution is 0.288. The fraction of sp³-hybridized carbons (Fsp3) is 0.263.